The normalized spacial score (nSPS) is 14.1. The third-order valence-electron chi connectivity index (χ3n) is 3.81. The lowest BCUT2D eigenvalue weighted by atomic mass is 9.99. The quantitative estimate of drug-likeness (QED) is 0.805. The highest BCUT2D eigenvalue weighted by atomic mass is 16.2. The van der Waals surface area contributed by atoms with Gasteiger partial charge in [0.05, 0.1) is 5.54 Å². The van der Waals surface area contributed by atoms with Gasteiger partial charge in [-0.1, -0.05) is 39.0 Å². The number of anilines is 1. The van der Waals surface area contributed by atoms with Gasteiger partial charge in [-0.2, -0.15) is 0 Å². The van der Waals surface area contributed by atoms with Crippen molar-refractivity contribution in [1.82, 2.24) is 4.90 Å². The van der Waals surface area contributed by atoms with Gasteiger partial charge in [0, 0.05) is 12.2 Å². The summed E-state index contributed by atoms with van der Waals surface area (Å²) >= 11 is 0. The number of para-hydroxylation sites is 1. The van der Waals surface area contributed by atoms with E-state index in [0.29, 0.717) is 6.42 Å². The first kappa shape index (κ1) is 16.7. The Balaban J connectivity index is 2.88. The van der Waals surface area contributed by atoms with Crippen LogP contribution in [-0.4, -0.2) is 29.4 Å². The van der Waals surface area contributed by atoms with E-state index in [4.69, 9.17) is 5.73 Å². The van der Waals surface area contributed by atoms with Crippen LogP contribution in [-0.2, 0) is 11.3 Å². The molecule has 0 aliphatic carbocycles. The number of carbonyl (C=O) groups excluding carboxylic acids is 1. The van der Waals surface area contributed by atoms with Crippen LogP contribution in [0.3, 0.4) is 0 Å². The summed E-state index contributed by atoms with van der Waals surface area (Å²) in [7, 11) is 0. The summed E-state index contributed by atoms with van der Waals surface area (Å²) in [6, 6.07) is 7.91. The second-order valence-corrected chi connectivity index (χ2v) is 5.34. The Morgan fingerprint density at radius 2 is 1.85 bits per heavy atom. The number of carbonyl (C=O) groups is 1. The van der Waals surface area contributed by atoms with Gasteiger partial charge in [0.1, 0.15) is 0 Å². The molecular weight excluding hydrogens is 250 g/mol. The maximum Gasteiger partial charge on any atom is 0.244 e. The molecule has 1 aromatic carbocycles. The summed E-state index contributed by atoms with van der Waals surface area (Å²) in [5.74, 6) is -0.132. The average Bonchev–Trinajstić information content (AvgIpc) is 2.46. The van der Waals surface area contributed by atoms with E-state index in [2.05, 4.69) is 24.1 Å². The molecule has 1 aromatic rings. The molecule has 1 rings (SSSR count). The summed E-state index contributed by atoms with van der Waals surface area (Å²) in [6.07, 6.45) is 0.608. The molecule has 20 heavy (non-hydrogen) atoms. The fourth-order valence-electron chi connectivity index (χ4n) is 1.89. The number of amides is 1. The van der Waals surface area contributed by atoms with Gasteiger partial charge in [0.2, 0.25) is 5.91 Å². The molecule has 3 N–H and O–H groups in total. The summed E-state index contributed by atoms with van der Waals surface area (Å²) in [6.45, 7) is 10.8. The predicted octanol–water partition coefficient (Wildman–Crippen LogP) is 2.59. The lowest BCUT2D eigenvalue weighted by molar-refractivity contribution is -0.120. The first-order valence-corrected chi connectivity index (χ1v) is 7.35. The Morgan fingerprint density at radius 1 is 1.25 bits per heavy atom. The summed E-state index contributed by atoms with van der Waals surface area (Å²) < 4.78 is 0. The van der Waals surface area contributed by atoms with Crippen LogP contribution in [0.2, 0.25) is 0 Å². The van der Waals surface area contributed by atoms with Crippen LogP contribution >= 0.6 is 0 Å². The average molecular weight is 277 g/mol. The Kier molecular flexibility index (Phi) is 6.17. The monoisotopic (exact) mass is 277 g/mol. The molecule has 0 aliphatic heterocycles. The van der Waals surface area contributed by atoms with E-state index in [1.165, 1.54) is 0 Å². The molecule has 112 valence electrons. The molecule has 1 atom stereocenters. The third kappa shape index (κ3) is 4.32. The fourth-order valence-corrected chi connectivity index (χ4v) is 1.89. The van der Waals surface area contributed by atoms with Crippen LogP contribution in [0.1, 0.15) is 39.7 Å². The van der Waals surface area contributed by atoms with Crippen molar-refractivity contribution in [2.24, 2.45) is 5.73 Å². The number of nitrogens with two attached hydrogens (primary N) is 1. The molecule has 1 unspecified atom stereocenters. The van der Waals surface area contributed by atoms with Gasteiger partial charge in [-0.3, -0.25) is 9.69 Å². The minimum absolute atomic E-state index is 0.132. The van der Waals surface area contributed by atoms with Crippen molar-refractivity contribution in [3.05, 3.63) is 29.8 Å². The van der Waals surface area contributed by atoms with Crippen LogP contribution in [0.4, 0.5) is 5.69 Å². The van der Waals surface area contributed by atoms with Gasteiger partial charge in [-0.05, 0) is 38.1 Å². The Morgan fingerprint density at radius 3 is 2.40 bits per heavy atom. The maximum atomic E-state index is 12.2. The largest absolute Gasteiger partial charge is 0.324 e. The molecule has 1 amide bonds. The van der Waals surface area contributed by atoms with Gasteiger partial charge < -0.3 is 11.1 Å². The SMILES string of the molecule is CCN(CC)Cc1ccccc1NC(=O)C(C)(N)CC. The van der Waals surface area contributed by atoms with Crippen molar-refractivity contribution in [2.45, 2.75) is 46.2 Å². The Hall–Kier alpha value is -1.39. The van der Waals surface area contributed by atoms with E-state index in [0.717, 1.165) is 30.9 Å². The van der Waals surface area contributed by atoms with Crippen LogP contribution in [0.25, 0.3) is 0 Å². The first-order valence-electron chi connectivity index (χ1n) is 7.35. The smallest absolute Gasteiger partial charge is 0.244 e. The number of hydrogen-bond donors (Lipinski definition) is 2. The van der Waals surface area contributed by atoms with Crippen molar-refractivity contribution in [3.63, 3.8) is 0 Å². The van der Waals surface area contributed by atoms with E-state index in [-0.39, 0.29) is 5.91 Å². The minimum Gasteiger partial charge on any atom is -0.324 e. The van der Waals surface area contributed by atoms with Crippen molar-refractivity contribution in [2.75, 3.05) is 18.4 Å². The first-order chi connectivity index (χ1) is 9.44. The summed E-state index contributed by atoms with van der Waals surface area (Å²) in [5, 5.41) is 2.96. The number of nitrogens with one attached hydrogen (secondary N) is 1. The highest BCUT2D eigenvalue weighted by molar-refractivity contribution is 5.98. The number of hydrogen-bond acceptors (Lipinski definition) is 3. The van der Waals surface area contributed by atoms with E-state index in [9.17, 15) is 4.79 Å². The van der Waals surface area contributed by atoms with Gasteiger partial charge in [0.15, 0.2) is 0 Å². The Bertz CT molecular complexity index is 439. The molecular formula is C16H27N3O. The van der Waals surface area contributed by atoms with Gasteiger partial charge in [-0.15, -0.1) is 0 Å². The van der Waals surface area contributed by atoms with Crippen molar-refractivity contribution in [3.8, 4) is 0 Å². The fraction of sp³-hybridized carbons (Fsp3) is 0.562. The number of benzene rings is 1. The van der Waals surface area contributed by atoms with E-state index in [1.807, 2.05) is 31.2 Å². The number of nitrogens with zero attached hydrogens (tertiary/aromatic N) is 1. The lowest BCUT2D eigenvalue weighted by Gasteiger charge is -2.24. The molecule has 0 fully saturated rings. The molecule has 0 radical (unpaired) electrons. The molecule has 0 heterocycles. The molecule has 0 aromatic heterocycles. The zero-order valence-electron chi connectivity index (χ0n) is 13.1. The lowest BCUT2D eigenvalue weighted by Crippen LogP contribution is -2.48. The standard InChI is InChI=1S/C16H27N3O/c1-5-16(4,17)15(20)18-14-11-9-8-10-13(14)12-19(6-2)7-3/h8-11H,5-7,12,17H2,1-4H3,(H,18,20). The van der Waals surface area contributed by atoms with Crippen molar-refractivity contribution >= 4 is 11.6 Å². The van der Waals surface area contributed by atoms with E-state index in [1.54, 1.807) is 6.92 Å². The van der Waals surface area contributed by atoms with E-state index < -0.39 is 5.54 Å². The highest BCUT2D eigenvalue weighted by Crippen LogP contribution is 2.19. The molecule has 0 spiro atoms. The molecule has 4 heteroatoms. The van der Waals surface area contributed by atoms with Crippen LogP contribution < -0.4 is 11.1 Å². The predicted molar refractivity (Wildman–Crippen MR) is 84.6 cm³/mol. The third-order valence-corrected chi connectivity index (χ3v) is 3.81. The van der Waals surface area contributed by atoms with Crippen molar-refractivity contribution in [1.29, 1.82) is 0 Å². The van der Waals surface area contributed by atoms with Gasteiger partial charge in [-0.25, -0.2) is 0 Å². The number of rotatable bonds is 7. The summed E-state index contributed by atoms with van der Waals surface area (Å²) in [4.78, 5) is 14.5. The molecule has 4 nitrogen and oxygen atoms in total. The molecule has 0 aliphatic rings. The Labute approximate surface area is 122 Å². The second-order valence-electron chi connectivity index (χ2n) is 5.34. The zero-order chi connectivity index (χ0) is 15.2. The van der Waals surface area contributed by atoms with Crippen LogP contribution in [0.15, 0.2) is 24.3 Å². The highest BCUT2D eigenvalue weighted by Gasteiger charge is 2.26. The van der Waals surface area contributed by atoms with E-state index >= 15 is 0 Å². The molecule has 0 bridgehead atoms. The second kappa shape index (κ2) is 7.41. The topological polar surface area (TPSA) is 58.4 Å². The molecule has 0 saturated carbocycles. The van der Waals surface area contributed by atoms with Crippen molar-refractivity contribution < 1.29 is 4.79 Å². The van der Waals surface area contributed by atoms with Gasteiger partial charge in [0.25, 0.3) is 0 Å². The molecule has 0 saturated heterocycles. The van der Waals surface area contributed by atoms with Crippen LogP contribution in [0, 0.1) is 0 Å². The van der Waals surface area contributed by atoms with Crippen LogP contribution in [0.5, 0.6) is 0 Å². The van der Waals surface area contributed by atoms with Gasteiger partial charge >= 0.3 is 0 Å². The maximum absolute atomic E-state index is 12.2. The summed E-state index contributed by atoms with van der Waals surface area (Å²) in [5.41, 5.74) is 7.14. The zero-order valence-corrected chi connectivity index (χ0v) is 13.1. The minimum atomic E-state index is -0.831.